The van der Waals surface area contributed by atoms with Crippen molar-refractivity contribution < 1.29 is 25.1 Å². The molecule has 11 heavy (non-hydrogen) atoms. The van der Waals surface area contributed by atoms with Gasteiger partial charge in [0.25, 0.3) is 5.12 Å². The average Bonchev–Trinajstić information content (AvgIpc) is 1.59. The van der Waals surface area contributed by atoms with E-state index in [9.17, 15) is 25.1 Å². The monoisotopic (exact) mass is 206 g/mol. The van der Waals surface area contributed by atoms with Crippen LogP contribution in [0.15, 0.2) is 0 Å². The van der Waals surface area contributed by atoms with Gasteiger partial charge < -0.3 is 0 Å². The van der Waals surface area contributed by atoms with Gasteiger partial charge in [0, 0.05) is 0 Å². The number of halogens is 4. The quantitative estimate of drug-likeness (QED) is 0.289. The molecule has 0 rings (SSSR count). The second-order valence-corrected chi connectivity index (χ2v) is 3.59. The van der Waals surface area contributed by atoms with Crippen LogP contribution in [-0.2, 0) is 9.59 Å². The van der Waals surface area contributed by atoms with Crippen LogP contribution < -0.4 is 0 Å². The number of carbonyl (C=O) groups is 2. The molecule has 0 amide bonds. The van der Waals surface area contributed by atoms with Crippen molar-refractivity contribution in [3.63, 3.8) is 0 Å². The van der Waals surface area contributed by atoms with Gasteiger partial charge in [-0.1, -0.05) is 12.6 Å². The van der Waals surface area contributed by atoms with E-state index in [4.69, 9.17) is 0 Å². The summed E-state index contributed by atoms with van der Waals surface area (Å²) < 4.78 is 44.9. The van der Waals surface area contributed by atoms with Crippen molar-refractivity contribution in [3.05, 3.63) is 0 Å². The molecule has 0 aliphatic carbocycles. The predicted molar refractivity (Wildman–Crippen MR) is 39.6 cm³/mol. The minimum atomic E-state index is -8.34. The maximum atomic E-state index is 11.2. The molecule has 0 unspecified atom stereocenters. The number of thiol groups is 2. The standard InChI is InChI=1S/C2H2F4O2S2.Li.H/c3-10(4,5,6)2(8)1(7)9;;/h10H,(H,7,9);;. The molecule has 0 aromatic carbocycles. The van der Waals surface area contributed by atoms with Gasteiger partial charge in [0.2, 0.25) is 10.7 Å². The van der Waals surface area contributed by atoms with Gasteiger partial charge in [0.15, 0.2) is 0 Å². The van der Waals surface area contributed by atoms with E-state index >= 15 is 0 Å². The summed E-state index contributed by atoms with van der Waals surface area (Å²) in [6.45, 7) is 0. The van der Waals surface area contributed by atoms with Crippen LogP contribution in [0, 0.1) is 0 Å². The van der Waals surface area contributed by atoms with Crippen molar-refractivity contribution in [1.82, 2.24) is 0 Å². The van der Waals surface area contributed by atoms with Crippen molar-refractivity contribution in [1.29, 1.82) is 0 Å². The van der Waals surface area contributed by atoms with Gasteiger partial charge in [-0.2, -0.15) is 0 Å². The third-order valence-electron chi connectivity index (χ3n) is 0.490. The molecular formula is C2H3F4LiO2S2. The fraction of sp³-hybridized carbons (Fsp3) is 0. The molecule has 0 atom stereocenters. The molecule has 0 saturated carbocycles. The molecule has 0 aliphatic heterocycles. The van der Waals surface area contributed by atoms with Crippen molar-refractivity contribution in [3.8, 4) is 0 Å². The zero-order valence-corrected chi connectivity index (χ0v) is 6.01. The van der Waals surface area contributed by atoms with Gasteiger partial charge in [-0.25, -0.2) is 0 Å². The van der Waals surface area contributed by atoms with Gasteiger partial charge in [-0.05, 0) is 0 Å². The summed E-state index contributed by atoms with van der Waals surface area (Å²) in [6, 6.07) is 0. The summed E-state index contributed by atoms with van der Waals surface area (Å²) >= 11 is 2.52. The first-order chi connectivity index (χ1) is 4.11. The Kier molecular flexibility index (Phi) is 4.29. The van der Waals surface area contributed by atoms with E-state index in [0.717, 1.165) is 0 Å². The van der Waals surface area contributed by atoms with Gasteiger partial charge in [-0.15, -0.1) is 15.5 Å². The molecule has 64 valence electrons. The first-order valence-corrected chi connectivity index (χ1v) is 4.03. The Morgan fingerprint density at radius 2 is 1.36 bits per heavy atom. The van der Waals surface area contributed by atoms with Crippen LogP contribution in [0.25, 0.3) is 0 Å². The summed E-state index contributed by atoms with van der Waals surface area (Å²) in [5, 5.41) is -5.11. The zero-order valence-electron chi connectivity index (χ0n) is 4.22. The van der Waals surface area contributed by atoms with Crippen molar-refractivity contribution >= 4 is 52.4 Å². The Morgan fingerprint density at radius 3 is 1.36 bits per heavy atom. The second kappa shape index (κ2) is 3.39. The molecule has 0 spiro atoms. The first kappa shape index (κ1) is 13.9. The molecular weight excluding hydrogens is 203 g/mol. The van der Waals surface area contributed by atoms with Crippen LogP contribution in [0.3, 0.4) is 0 Å². The van der Waals surface area contributed by atoms with E-state index in [1.54, 1.807) is 0 Å². The number of carbonyl (C=O) groups excluding carboxylic acids is 2. The van der Waals surface area contributed by atoms with Gasteiger partial charge >= 0.3 is 24.0 Å². The minimum absolute atomic E-state index is 0. The van der Waals surface area contributed by atoms with Gasteiger partial charge in [0.05, 0.1) is 0 Å². The normalized spacial score (nSPS) is 14.1. The molecule has 2 nitrogen and oxygen atoms in total. The van der Waals surface area contributed by atoms with Crippen LogP contribution in [0.1, 0.15) is 0 Å². The van der Waals surface area contributed by atoms with Crippen molar-refractivity contribution in [2.75, 3.05) is 0 Å². The van der Waals surface area contributed by atoms with Crippen molar-refractivity contribution in [2.45, 2.75) is 0 Å². The van der Waals surface area contributed by atoms with Gasteiger partial charge in [0.1, 0.15) is 0 Å². The molecule has 0 heterocycles. The third-order valence-corrected chi connectivity index (χ3v) is 1.69. The average molecular weight is 206 g/mol. The van der Waals surface area contributed by atoms with Crippen LogP contribution in [0.5, 0.6) is 0 Å². The fourth-order valence-electron chi connectivity index (χ4n) is 0.145. The van der Waals surface area contributed by atoms with Crippen LogP contribution in [-0.4, -0.2) is 29.1 Å². The maximum absolute atomic E-state index is 11.2. The SMILES string of the molecule is O=C(S)C(=O)[SH](F)(F)(F)F.[LiH]. The number of hydrogen-bond donors (Lipinski definition) is 2. The molecule has 0 saturated heterocycles. The molecule has 9 heteroatoms. The Labute approximate surface area is 77.8 Å². The summed E-state index contributed by atoms with van der Waals surface area (Å²) in [6.07, 6.45) is 0. The number of hydrogen-bond acceptors (Lipinski definition) is 2. The summed E-state index contributed by atoms with van der Waals surface area (Å²) in [5.74, 6) is 0. The Morgan fingerprint density at radius 1 is 1.09 bits per heavy atom. The molecule has 0 N–H and O–H groups in total. The van der Waals surface area contributed by atoms with Crippen LogP contribution in [0.2, 0.25) is 0 Å². The van der Waals surface area contributed by atoms with Gasteiger partial charge in [-0.3, -0.25) is 9.59 Å². The molecule has 0 bridgehead atoms. The second-order valence-electron chi connectivity index (χ2n) is 1.33. The third kappa shape index (κ3) is 4.74. The van der Waals surface area contributed by atoms with E-state index in [0.29, 0.717) is 0 Å². The first-order valence-electron chi connectivity index (χ1n) is 1.78. The molecule has 0 radical (unpaired) electrons. The zero-order chi connectivity index (χ0) is 8.60. The molecule has 0 fully saturated rings. The van der Waals surface area contributed by atoms with Crippen molar-refractivity contribution in [2.24, 2.45) is 0 Å². The Bertz CT molecular complexity index is 189. The van der Waals surface area contributed by atoms with E-state index in [2.05, 4.69) is 12.6 Å². The van der Waals surface area contributed by atoms with Crippen LogP contribution in [0.4, 0.5) is 15.5 Å². The number of rotatable bonds is 1. The predicted octanol–water partition coefficient (Wildman–Crippen LogP) is 0.931. The summed E-state index contributed by atoms with van der Waals surface area (Å²) in [5.41, 5.74) is 0. The van der Waals surface area contributed by atoms with E-state index in [1.165, 1.54) is 0 Å². The fourth-order valence-corrected chi connectivity index (χ4v) is 0.887. The summed E-state index contributed by atoms with van der Waals surface area (Å²) in [4.78, 5) is 19.2. The van der Waals surface area contributed by atoms with E-state index in [1.807, 2.05) is 0 Å². The topological polar surface area (TPSA) is 34.1 Å². The Balaban J connectivity index is 0. The summed E-state index contributed by atoms with van der Waals surface area (Å²) in [7, 11) is -8.34. The molecule has 0 aromatic heterocycles. The van der Waals surface area contributed by atoms with E-state index < -0.39 is 20.9 Å². The molecule has 0 aromatic rings. The van der Waals surface area contributed by atoms with E-state index in [-0.39, 0.29) is 18.9 Å². The molecule has 0 aliphatic rings. The van der Waals surface area contributed by atoms with Crippen LogP contribution >= 0.6 is 23.3 Å². The Hall–Kier alpha value is 0.357.